The largest absolute Gasteiger partial charge is 0.505 e. The average Bonchev–Trinajstić information content (AvgIpc) is 2.03. The number of rotatable bonds is 2. The summed E-state index contributed by atoms with van der Waals surface area (Å²) in [5, 5.41) is 28.0. The van der Waals surface area contributed by atoms with Crippen LogP contribution in [0.2, 0.25) is 0 Å². The van der Waals surface area contributed by atoms with Gasteiger partial charge in [-0.15, -0.1) is 0 Å². The van der Waals surface area contributed by atoms with Crippen LogP contribution in [-0.2, 0) is 4.79 Å². The van der Waals surface area contributed by atoms with Gasteiger partial charge in [-0.3, -0.25) is 10.1 Å². The zero-order chi connectivity index (χ0) is 10.0. The third kappa shape index (κ3) is 1.66. The Morgan fingerprint density at radius 3 is 2.77 bits per heavy atom. The minimum Gasteiger partial charge on any atom is -0.505 e. The first-order valence-electron chi connectivity index (χ1n) is 3.50. The highest BCUT2D eigenvalue weighted by atomic mass is 16.6. The van der Waals surface area contributed by atoms with Crippen LogP contribution < -0.4 is 0 Å². The minimum atomic E-state index is -1.36. The third-order valence-corrected chi connectivity index (χ3v) is 1.72. The van der Waals surface area contributed by atoms with Crippen LogP contribution in [0, 0.1) is 10.1 Å². The summed E-state index contributed by atoms with van der Waals surface area (Å²) in [4.78, 5) is 20.1. The number of hydrogen-bond donors (Lipinski definition) is 2. The van der Waals surface area contributed by atoms with Crippen LogP contribution in [0.1, 0.15) is 6.42 Å². The van der Waals surface area contributed by atoms with Gasteiger partial charge in [0.2, 0.25) is 0 Å². The van der Waals surface area contributed by atoms with Crippen molar-refractivity contribution in [3.8, 4) is 0 Å². The van der Waals surface area contributed by atoms with Crippen LogP contribution in [-0.4, -0.2) is 27.1 Å². The number of aliphatic carboxylic acids is 1. The van der Waals surface area contributed by atoms with E-state index < -0.39 is 28.3 Å². The molecule has 0 aromatic carbocycles. The maximum absolute atomic E-state index is 10.4. The molecule has 1 aliphatic rings. The van der Waals surface area contributed by atoms with E-state index in [1.807, 2.05) is 0 Å². The van der Waals surface area contributed by atoms with Gasteiger partial charge in [0, 0.05) is 11.3 Å². The van der Waals surface area contributed by atoms with E-state index in [4.69, 9.17) is 5.11 Å². The first-order chi connectivity index (χ1) is 6.04. The fourth-order valence-electron chi connectivity index (χ4n) is 1.06. The standard InChI is InChI=1S/C7H7NO5/c9-6-4(7(10)11)2-1-3-5(6)8(12)13/h1-2,5,9H,3H2,(H,10,11). The maximum Gasteiger partial charge on any atom is 0.339 e. The summed E-state index contributed by atoms with van der Waals surface area (Å²) in [5.74, 6) is -2.04. The van der Waals surface area contributed by atoms with E-state index in [0.717, 1.165) is 6.08 Å². The molecule has 0 heterocycles. The number of aliphatic hydroxyl groups is 1. The van der Waals surface area contributed by atoms with Crippen LogP contribution >= 0.6 is 0 Å². The summed E-state index contributed by atoms with van der Waals surface area (Å²) in [6, 6.07) is -1.32. The summed E-state index contributed by atoms with van der Waals surface area (Å²) < 4.78 is 0. The van der Waals surface area contributed by atoms with E-state index >= 15 is 0 Å². The monoisotopic (exact) mass is 185 g/mol. The van der Waals surface area contributed by atoms with Crippen LogP contribution in [0.3, 0.4) is 0 Å². The molecule has 2 N–H and O–H groups in total. The molecule has 6 heteroatoms. The molecule has 0 saturated heterocycles. The van der Waals surface area contributed by atoms with Crippen molar-refractivity contribution in [2.24, 2.45) is 0 Å². The lowest BCUT2D eigenvalue weighted by atomic mass is 10.0. The fourth-order valence-corrected chi connectivity index (χ4v) is 1.06. The number of nitro groups is 1. The number of carboxylic acid groups (broad SMARTS) is 1. The summed E-state index contributed by atoms with van der Waals surface area (Å²) in [5.41, 5.74) is -0.409. The molecule has 0 aromatic heterocycles. The van der Waals surface area contributed by atoms with Gasteiger partial charge in [-0.1, -0.05) is 6.08 Å². The Hall–Kier alpha value is -1.85. The Bertz CT molecular complexity index is 317. The molecule has 1 unspecified atom stereocenters. The van der Waals surface area contributed by atoms with Crippen molar-refractivity contribution < 1.29 is 19.9 Å². The van der Waals surface area contributed by atoms with Gasteiger partial charge in [-0.05, 0) is 6.08 Å². The lowest BCUT2D eigenvalue weighted by Gasteiger charge is -2.11. The number of nitrogens with zero attached hydrogens (tertiary/aromatic N) is 1. The molecule has 1 aliphatic carbocycles. The highest BCUT2D eigenvalue weighted by Gasteiger charge is 2.31. The van der Waals surface area contributed by atoms with E-state index in [0.29, 0.717) is 0 Å². The van der Waals surface area contributed by atoms with Crippen molar-refractivity contribution in [1.82, 2.24) is 0 Å². The number of carboxylic acids is 1. The van der Waals surface area contributed by atoms with Crippen molar-refractivity contribution in [3.63, 3.8) is 0 Å². The number of hydrogen-bond acceptors (Lipinski definition) is 4. The van der Waals surface area contributed by atoms with Crippen molar-refractivity contribution >= 4 is 5.97 Å². The van der Waals surface area contributed by atoms with E-state index in [1.54, 1.807) is 0 Å². The van der Waals surface area contributed by atoms with Crippen LogP contribution in [0.4, 0.5) is 0 Å². The zero-order valence-corrected chi connectivity index (χ0v) is 6.51. The lowest BCUT2D eigenvalue weighted by molar-refractivity contribution is -0.515. The minimum absolute atomic E-state index is 0.0234. The molecule has 0 bridgehead atoms. The second-order valence-corrected chi connectivity index (χ2v) is 2.54. The molecule has 1 rings (SSSR count). The Balaban J connectivity index is 3.05. The Labute approximate surface area is 72.9 Å². The maximum atomic E-state index is 10.4. The van der Waals surface area contributed by atoms with Crippen molar-refractivity contribution in [1.29, 1.82) is 0 Å². The molecule has 1 atom stereocenters. The summed E-state index contributed by atoms with van der Waals surface area (Å²) in [7, 11) is 0. The van der Waals surface area contributed by atoms with Crippen molar-refractivity contribution in [2.75, 3.05) is 0 Å². The predicted octanol–water partition coefficient (Wildman–Crippen LogP) is 0.488. The van der Waals surface area contributed by atoms with Gasteiger partial charge in [-0.25, -0.2) is 4.79 Å². The first kappa shape index (κ1) is 9.24. The third-order valence-electron chi connectivity index (χ3n) is 1.72. The predicted molar refractivity (Wildman–Crippen MR) is 41.8 cm³/mol. The van der Waals surface area contributed by atoms with Gasteiger partial charge in [0.1, 0.15) is 5.57 Å². The van der Waals surface area contributed by atoms with E-state index in [-0.39, 0.29) is 6.42 Å². The highest BCUT2D eigenvalue weighted by molar-refractivity contribution is 5.90. The molecule has 0 aliphatic heterocycles. The quantitative estimate of drug-likeness (QED) is 0.481. The van der Waals surface area contributed by atoms with Gasteiger partial charge in [0.25, 0.3) is 6.04 Å². The van der Waals surface area contributed by atoms with E-state index in [1.165, 1.54) is 6.08 Å². The molecular formula is C7H7NO5. The topological polar surface area (TPSA) is 101 Å². The molecule has 13 heavy (non-hydrogen) atoms. The van der Waals surface area contributed by atoms with Crippen LogP contribution in [0.25, 0.3) is 0 Å². The van der Waals surface area contributed by atoms with Gasteiger partial charge in [-0.2, -0.15) is 0 Å². The molecule has 6 nitrogen and oxygen atoms in total. The molecule has 0 radical (unpaired) electrons. The van der Waals surface area contributed by atoms with Crippen molar-refractivity contribution in [2.45, 2.75) is 12.5 Å². The molecule has 0 spiro atoms. The molecular weight excluding hydrogens is 178 g/mol. The summed E-state index contributed by atoms with van der Waals surface area (Å²) in [6.45, 7) is 0. The smallest absolute Gasteiger partial charge is 0.339 e. The normalized spacial score (nSPS) is 21.7. The number of aliphatic hydroxyl groups excluding tert-OH is 1. The molecule has 0 aromatic rings. The number of carbonyl (C=O) groups is 1. The molecule has 0 fully saturated rings. The highest BCUT2D eigenvalue weighted by Crippen LogP contribution is 2.19. The van der Waals surface area contributed by atoms with Crippen molar-refractivity contribution in [3.05, 3.63) is 33.6 Å². The molecule has 0 amide bonds. The van der Waals surface area contributed by atoms with Gasteiger partial charge >= 0.3 is 5.97 Å². The fraction of sp³-hybridized carbons (Fsp3) is 0.286. The lowest BCUT2D eigenvalue weighted by Crippen LogP contribution is -2.26. The van der Waals surface area contributed by atoms with Gasteiger partial charge in [0.15, 0.2) is 5.76 Å². The summed E-state index contributed by atoms with van der Waals surface area (Å²) in [6.07, 6.45) is 2.55. The zero-order valence-electron chi connectivity index (χ0n) is 6.51. The SMILES string of the molecule is O=C(O)C1=C(O)C([N+](=O)[O-])CC=C1. The molecule has 70 valence electrons. The van der Waals surface area contributed by atoms with E-state index in [9.17, 15) is 20.0 Å². The second kappa shape index (κ2) is 3.26. The van der Waals surface area contributed by atoms with E-state index in [2.05, 4.69) is 0 Å². The Kier molecular flexibility index (Phi) is 2.32. The Morgan fingerprint density at radius 2 is 2.31 bits per heavy atom. The Morgan fingerprint density at radius 1 is 1.69 bits per heavy atom. The summed E-state index contributed by atoms with van der Waals surface area (Å²) >= 11 is 0. The van der Waals surface area contributed by atoms with Crippen LogP contribution in [0.5, 0.6) is 0 Å². The van der Waals surface area contributed by atoms with Gasteiger partial charge < -0.3 is 10.2 Å². The second-order valence-electron chi connectivity index (χ2n) is 2.54. The average molecular weight is 185 g/mol. The van der Waals surface area contributed by atoms with Gasteiger partial charge in [0.05, 0.1) is 0 Å². The first-order valence-corrected chi connectivity index (χ1v) is 3.50. The molecule has 0 saturated carbocycles. The van der Waals surface area contributed by atoms with Crippen LogP contribution in [0.15, 0.2) is 23.5 Å².